The lowest BCUT2D eigenvalue weighted by Gasteiger charge is -2.29. The molecule has 0 amide bonds. The van der Waals surface area contributed by atoms with Gasteiger partial charge in [-0.05, 0) is 43.2 Å². The Labute approximate surface area is 232 Å². The van der Waals surface area contributed by atoms with E-state index in [2.05, 4.69) is 43.1 Å². The Hall–Kier alpha value is -1.91. The smallest absolute Gasteiger partial charge is 0.185 e. The highest BCUT2D eigenvalue weighted by Crippen LogP contribution is 2.29. The van der Waals surface area contributed by atoms with E-state index >= 15 is 0 Å². The molecule has 212 valence electrons. The first-order chi connectivity index (χ1) is 18.8. The average Bonchev–Trinajstić information content (AvgIpc) is 2.97. The second kappa shape index (κ2) is 19.2. The molecule has 2 heterocycles. The minimum atomic E-state index is -0.298. The highest BCUT2D eigenvalue weighted by atomic mass is 16.7. The zero-order chi connectivity index (χ0) is 26.7. The van der Waals surface area contributed by atoms with Crippen LogP contribution in [0.5, 0.6) is 5.75 Å². The summed E-state index contributed by atoms with van der Waals surface area (Å²) in [6.07, 6.45) is 22.9. The van der Waals surface area contributed by atoms with Gasteiger partial charge < -0.3 is 14.2 Å². The van der Waals surface area contributed by atoms with Crippen LogP contribution >= 0.6 is 0 Å². The van der Waals surface area contributed by atoms with E-state index in [0.29, 0.717) is 5.92 Å². The summed E-state index contributed by atoms with van der Waals surface area (Å²) in [4.78, 5) is 4.68. The molecule has 1 aromatic carbocycles. The molecule has 4 heteroatoms. The van der Waals surface area contributed by atoms with Crippen molar-refractivity contribution in [1.29, 1.82) is 0 Å². The summed E-state index contributed by atoms with van der Waals surface area (Å²) in [5, 5.41) is 0. The number of ether oxygens (including phenoxy) is 3. The standard InChI is InChI=1S/C34H53NO3/c1-3-5-7-9-10-11-12-13-14-16-18-29-27-37-34(38-28-29)31-21-24-33(35-26-31)30-19-22-32(23-20-30)36-25-17-15-8-6-4-2/h19-24,26,29,34H,3-18,25,27-28H2,1-2H3/t29-,34-. The Balaban J connectivity index is 1.28. The Bertz CT molecular complexity index is 828. The normalized spacial score (nSPS) is 17.5. The van der Waals surface area contributed by atoms with Crippen molar-refractivity contribution in [3.63, 3.8) is 0 Å². The molecule has 0 N–H and O–H groups in total. The molecular formula is C34H53NO3. The van der Waals surface area contributed by atoms with Gasteiger partial charge in [-0.25, -0.2) is 0 Å². The van der Waals surface area contributed by atoms with Crippen molar-refractivity contribution < 1.29 is 14.2 Å². The van der Waals surface area contributed by atoms with E-state index in [1.807, 2.05) is 18.3 Å². The molecule has 0 bridgehead atoms. The number of benzene rings is 1. The van der Waals surface area contributed by atoms with Crippen molar-refractivity contribution >= 4 is 0 Å². The topological polar surface area (TPSA) is 40.6 Å². The SMILES string of the molecule is CCCCCCCCCCCC[C@H]1CO[C@H](c2ccc(-c3ccc(OCCCCCCC)cc3)nc2)OC1. The van der Waals surface area contributed by atoms with Crippen molar-refractivity contribution in [2.45, 2.75) is 123 Å². The van der Waals surface area contributed by atoms with Crippen molar-refractivity contribution in [3.8, 4) is 17.0 Å². The van der Waals surface area contributed by atoms with Gasteiger partial charge >= 0.3 is 0 Å². The first-order valence-electron chi connectivity index (χ1n) is 15.7. The van der Waals surface area contributed by atoms with Crippen LogP contribution in [0.4, 0.5) is 0 Å². The molecule has 0 spiro atoms. The lowest BCUT2D eigenvalue weighted by atomic mass is 10.0. The number of hydrogen-bond donors (Lipinski definition) is 0. The minimum absolute atomic E-state index is 0.298. The van der Waals surface area contributed by atoms with Crippen LogP contribution in [0.2, 0.25) is 0 Å². The first kappa shape index (κ1) is 30.6. The fourth-order valence-electron chi connectivity index (χ4n) is 5.16. The molecular weight excluding hydrogens is 470 g/mol. The van der Waals surface area contributed by atoms with Gasteiger partial charge in [-0.15, -0.1) is 0 Å². The number of aromatic nitrogens is 1. The molecule has 4 nitrogen and oxygen atoms in total. The number of unbranched alkanes of at least 4 members (excludes halogenated alkanes) is 13. The van der Waals surface area contributed by atoms with Gasteiger partial charge in [0.25, 0.3) is 0 Å². The number of pyridine rings is 1. The van der Waals surface area contributed by atoms with Crippen LogP contribution in [-0.2, 0) is 9.47 Å². The summed E-state index contributed by atoms with van der Waals surface area (Å²) in [5.41, 5.74) is 3.04. The van der Waals surface area contributed by atoms with Crippen LogP contribution in [0.25, 0.3) is 11.3 Å². The van der Waals surface area contributed by atoms with E-state index in [0.717, 1.165) is 48.8 Å². The van der Waals surface area contributed by atoms with Gasteiger partial charge in [0, 0.05) is 23.2 Å². The monoisotopic (exact) mass is 523 g/mol. The zero-order valence-corrected chi connectivity index (χ0v) is 24.3. The minimum Gasteiger partial charge on any atom is -0.494 e. The van der Waals surface area contributed by atoms with Crippen LogP contribution in [0.1, 0.15) is 128 Å². The summed E-state index contributed by atoms with van der Waals surface area (Å²) in [6, 6.07) is 12.4. The van der Waals surface area contributed by atoms with Gasteiger partial charge in [-0.2, -0.15) is 0 Å². The summed E-state index contributed by atoms with van der Waals surface area (Å²) >= 11 is 0. The van der Waals surface area contributed by atoms with E-state index < -0.39 is 0 Å². The Morgan fingerprint density at radius 3 is 1.84 bits per heavy atom. The predicted molar refractivity (Wildman–Crippen MR) is 159 cm³/mol. The van der Waals surface area contributed by atoms with Gasteiger partial charge in [0.15, 0.2) is 6.29 Å². The highest BCUT2D eigenvalue weighted by molar-refractivity contribution is 5.60. The third kappa shape index (κ3) is 11.9. The molecule has 1 fully saturated rings. The zero-order valence-electron chi connectivity index (χ0n) is 24.3. The first-order valence-corrected chi connectivity index (χ1v) is 15.7. The maximum absolute atomic E-state index is 6.07. The number of hydrogen-bond acceptors (Lipinski definition) is 4. The number of nitrogens with zero attached hydrogens (tertiary/aromatic N) is 1. The van der Waals surface area contributed by atoms with Crippen molar-refractivity contribution in [2.75, 3.05) is 19.8 Å². The molecule has 38 heavy (non-hydrogen) atoms. The van der Waals surface area contributed by atoms with Crippen LogP contribution < -0.4 is 4.74 Å². The summed E-state index contributed by atoms with van der Waals surface area (Å²) in [6.45, 7) is 6.88. The highest BCUT2D eigenvalue weighted by Gasteiger charge is 2.23. The summed E-state index contributed by atoms with van der Waals surface area (Å²) in [5.74, 6) is 1.45. The molecule has 2 aromatic rings. The largest absolute Gasteiger partial charge is 0.494 e. The molecule has 1 saturated heterocycles. The Morgan fingerprint density at radius 2 is 1.26 bits per heavy atom. The molecule has 1 aliphatic rings. The average molecular weight is 524 g/mol. The molecule has 0 saturated carbocycles. The van der Waals surface area contributed by atoms with E-state index in [9.17, 15) is 0 Å². The van der Waals surface area contributed by atoms with Crippen LogP contribution in [0.15, 0.2) is 42.6 Å². The van der Waals surface area contributed by atoms with Crippen molar-refractivity contribution in [3.05, 3.63) is 48.2 Å². The maximum atomic E-state index is 6.07. The maximum Gasteiger partial charge on any atom is 0.185 e. The molecule has 0 radical (unpaired) electrons. The van der Waals surface area contributed by atoms with E-state index in [1.165, 1.54) is 96.3 Å². The molecule has 1 aromatic heterocycles. The van der Waals surface area contributed by atoms with Crippen LogP contribution in [-0.4, -0.2) is 24.8 Å². The van der Waals surface area contributed by atoms with E-state index in [-0.39, 0.29) is 6.29 Å². The fourth-order valence-corrected chi connectivity index (χ4v) is 5.16. The quantitative estimate of drug-likeness (QED) is 0.162. The van der Waals surface area contributed by atoms with Crippen molar-refractivity contribution in [1.82, 2.24) is 4.98 Å². The van der Waals surface area contributed by atoms with Gasteiger partial charge in [0.05, 0.1) is 25.5 Å². The lowest BCUT2D eigenvalue weighted by Crippen LogP contribution is -2.27. The Kier molecular flexibility index (Phi) is 15.5. The second-order valence-electron chi connectivity index (χ2n) is 11.1. The van der Waals surface area contributed by atoms with Crippen LogP contribution in [0, 0.1) is 5.92 Å². The van der Waals surface area contributed by atoms with E-state index in [1.54, 1.807) is 0 Å². The third-order valence-corrected chi connectivity index (χ3v) is 7.66. The van der Waals surface area contributed by atoms with Gasteiger partial charge in [0.2, 0.25) is 0 Å². The Morgan fingerprint density at radius 1 is 0.684 bits per heavy atom. The third-order valence-electron chi connectivity index (χ3n) is 7.66. The van der Waals surface area contributed by atoms with Gasteiger partial charge in [-0.1, -0.05) is 110 Å². The van der Waals surface area contributed by atoms with E-state index in [4.69, 9.17) is 14.2 Å². The predicted octanol–water partition coefficient (Wildman–Crippen LogP) is 10.1. The molecule has 0 atom stereocenters. The van der Waals surface area contributed by atoms with Crippen molar-refractivity contribution in [2.24, 2.45) is 5.92 Å². The lowest BCUT2D eigenvalue weighted by molar-refractivity contribution is -0.206. The molecule has 0 aliphatic carbocycles. The van der Waals surface area contributed by atoms with Gasteiger partial charge in [-0.3, -0.25) is 4.98 Å². The summed E-state index contributed by atoms with van der Waals surface area (Å²) < 4.78 is 18.0. The molecule has 1 aliphatic heterocycles. The second-order valence-corrected chi connectivity index (χ2v) is 11.1. The molecule has 0 unspecified atom stereocenters. The summed E-state index contributed by atoms with van der Waals surface area (Å²) in [7, 11) is 0. The van der Waals surface area contributed by atoms with Gasteiger partial charge in [0.1, 0.15) is 5.75 Å². The fraction of sp³-hybridized carbons (Fsp3) is 0.676. The van der Waals surface area contributed by atoms with Crippen LogP contribution in [0.3, 0.4) is 0 Å². The molecule has 3 rings (SSSR count). The number of rotatable bonds is 20.